The maximum atomic E-state index is 12.0. The number of carbonyl (C=O) groups is 1. The van der Waals surface area contributed by atoms with Gasteiger partial charge in [-0.1, -0.05) is 85.0 Å². The molecule has 0 aromatic carbocycles. The van der Waals surface area contributed by atoms with Crippen molar-refractivity contribution in [3.8, 4) is 11.8 Å². The number of carbonyl (C=O) groups excluding carboxylic acids is 1. The molecule has 2 atom stereocenters. The van der Waals surface area contributed by atoms with E-state index in [2.05, 4.69) is 43.2 Å². The van der Waals surface area contributed by atoms with Crippen molar-refractivity contribution in [2.24, 2.45) is 5.92 Å². The Labute approximate surface area is 163 Å². The smallest absolute Gasteiger partial charge is 0.223 e. The van der Waals surface area contributed by atoms with E-state index >= 15 is 0 Å². The van der Waals surface area contributed by atoms with Crippen molar-refractivity contribution in [2.75, 3.05) is 13.1 Å². The van der Waals surface area contributed by atoms with Gasteiger partial charge in [0, 0.05) is 24.9 Å². The molecule has 0 saturated carbocycles. The molecule has 1 amide bonds. The number of amides is 1. The Hall–Kier alpha value is -1.01. The highest BCUT2D eigenvalue weighted by atomic mass is 16.1. The summed E-state index contributed by atoms with van der Waals surface area (Å²) >= 11 is 0. The van der Waals surface area contributed by atoms with E-state index in [1.807, 2.05) is 6.92 Å². The highest BCUT2D eigenvalue weighted by Gasteiger charge is 2.10. The number of rotatable bonds is 16. The van der Waals surface area contributed by atoms with Gasteiger partial charge >= 0.3 is 0 Å². The lowest BCUT2D eigenvalue weighted by Gasteiger charge is -2.17. The van der Waals surface area contributed by atoms with Crippen molar-refractivity contribution in [1.29, 1.82) is 0 Å². The largest absolute Gasteiger partial charge is 0.345 e. The normalized spacial score (nSPS) is 12.9. The van der Waals surface area contributed by atoms with Gasteiger partial charge in [-0.2, -0.15) is 0 Å². The molecule has 152 valence electrons. The number of hydrogen-bond donors (Lipinski definition) is 2. The van der Waals surface area contributed by atoms with E-state index in [0.717, 1.165) is 25.8 Å². The molecule has 2 unspecified atom stereocenters. The minimum atomic E-state index is 0.105. The number of unbranched alkanes of at least 4 members (excludes halogenated alkanes) is 5. The van der Waals surface area contributed by atoms with Crippen LogP contribution in [0.25, 0.3) is 0 Å². The first-order valence-corrected chi connectivity index (χ1v) is 11.1. The van der Waals surface area contributed by atoms with Crippen LogP contribution in [0.5, 0.6) is 0 Å². The molecule has 0 radical (unpaired) electrons. The Kier molecular flexibility index (Phi) is 18.0. The van der Waals surface area contributed by atoms with Crippen molar-refractivity contribution in [1.82, 2.24) is 10.6 Å². The molecular weight excluding hydrogens is 320 g/mol. The van der Waals surface area contributed by atoms with Gasteiger partial charge in [-0.25, -0.2) is 0 Å². The molecule has 0 spiro atoms. The highest BCUT2D eigenvalue weighted by Crippen LogP contribution is 2.10. The second kappa shape index (κ2) is 18.8. The zero-order valence-corrected chi connectivity index (χ0v) is 18.0. The van der Waals surface area contributed by atoms with Crippen LogP contribution >= 0.6 is 0 Å². The Bertz CT molecular complexity index is 383. The minimum Gasteiger partial charge on any atom is -0.345 e. The van der Waals surface area contributed by atoms with Crippen LogP contribution in [0.1, 0.15) is 105 Å². The fraction of sp³-hybridized carbons (Fsp3) is 0.870. The van der Waals surface area contributed by atoms with Gasteiger partial charge in [0.15, 0.2) is 0 Å². The molecule has 0 heterocycles. The first-order chi connectivity index (χ1) is 12.7. The van der Waals surface area contributed by atoms with Gasteiger partial charge in [0.1, 0.15) is 0 Å². The topological polar surface area (TPSA) is 41.1 Å². The maximum absolute atomic E-state index is 12.0. The standard InChI is InChI=1S/C23H44N2O/c1-5-8-10-13-17-21(4)23(26)25-20-15-11-14-19-24-22(16-7-3)18-12-9-6-2/h21-22,24H,5-10,12-14,16-20H2,1-4H3,(H,25,26). The summed E-state index contributed by atoms with van der Waals surface area (Å²) in [5.74, 6) is 6.51. The summed E-state index contributed by atoms with van der Waals surface area (Å²) < 4.78 is 0. The molecule has 0 rings (SSSR count). The minimum absolute atomic E-state index is 0.105. The van der Waals surface area contributed by atoms with Crippen LogP contribution in [-0.2, 0) is 4.79 Å². The fourth-order valence-corrected chi connectivity index (χ4v) is 3.14. The Morgan fingerprint density at radius 3 is 2.23 bits per heavy atom. The van der Waals surface area contributed by atoms with Crippen LogP contribution in [0.2, 0.25) is 0 Å². The molecule has 0 aliphatic rings. The summed E-state index contributed by atoms with van der Waals surface area (Å²) in [6, 6.07) is 0.640. The predicted octanol–water partition coefficient (Wildman–Crippen LogP) is 5.44. The third-order valence-corrected chi connectivity index (χ3v) is 4.89. The summed E-state index contributed by atoms with van der Waals surface area (Å²) in [5, 5.41) is 6.59. The lowest BCUT2D eigenvalue weighted by Crippen LogP contribution is -2.30. The molecule has 0 aliphatic carbocycles. The summed E-state index contributed by atoms with van der Waals surface area (Å²) in [4.78, 5) is 12.0. The van der Waals surface area contributed by atoms with Crippen molar-refractivity contribution >= 4 is 5.91 Å². The van der Waals surface area contributed by atoms with Crippen molar-refractivity contribution in [2.45, 2.75) is 111 Å². The highest BCUT2D eigenvalue weighted by molar-refractivity contribution is 5.78. The quantitative estimate of drug-likeness (QED) is 0.283. The van der Waals surface area contributed by atoms with Crippen molar-refractivity contribution in [3.05, 3.63) is 0 Å². The van der Waals surface area contributed by atoms with E-state index in [1.165, 1.54) is 57.8 Å². The third kappa shape index (κ3) is 15.3. The van der Waals surface area contributed by atoms with Crippen LogP contribution in [-0.4, -0.2) is 25.0 Å². The monoisotopic (exact) mass is 364 g/mol. The van der Waals surface area contributed by atoms with Gasteiger partial charge in [0.2, 0.25) is 5.91 Å². The summed E-state index contributed by atoms with van der Waals surface area (Å²) in [6.07, 6.45) is 14.4. The van der Waals surface area contributed by atoms with Crippen molar-refractivity contribution < 1.29 is 4.79 Å². The van der Waals surface area contributed by atoms with E-state index in [1.54, 1.807) is 0 Å². The molecule has 26 heavy (non-hydrogen) atoms. The van der Waals surface area contributed by atoms with Crippen LogP contribution in [0.15, 0.2) is 0 Å². The first kappa shape index (κ1) is 25.0. The van der Waals surface area contributed by atoms with E-state index in [4.69, 9.17) is 0 Å². The van der Waals surface area contributed by atoms with Gasteiger partial charge in [0.25, 0.3) is 0 Å². The van der Waals surface area contributed by atoms with Crippen LogP contribution < -0.4 is 10.6 Å². The molecule has 2 N–H and O–H groups in total. The van der Waals surface area contributed by atoms with E-state index in [0.29, 0.717) is 12.6 Å². The Balaban J connectivity index is 3.78. The van der Waals surface area contributed by atoms with Crippen LogP contribution in [0, 0.1) is 17.8 Å². The summed E-state index contributed by atoms with van der Waals surface area (Å²) in [6.45, 7) is 10.2. The zero-order chi connectivity index (χ0) is 19.5. The average molecular weight is 365 g/mol. The molecule has 0 bridgehead atoms. The fourth-order valence-electron chi connectivity index (χ4n) is 3.14. The molecular formula is C23H44N2O. The lowest BCUT2D eigenvalue weighted by atomic mass is 10.0. The van der Waals surface area contributed by atoms with Gasteiger partial charge < -0.3 is 10.6 Å². The van der Waals surface area contributed by atoms with Gasteiger partial charge in [-0.15, -0.1) is 5.92 Å². The van der Waals surface area contributed by atoms with Crippen molar-refractivity contribution in [3.63, 3.8) is 0 Å². The molecule has 0 aliphatic heterocycles. The van der Waals surface area contributed by atoms with Gasteiger partial charge in [0.05, 0.1) is 6.54 Å². The third-order valence-electron chi connectivity index (χ3n) is 4.89. The van der Waals surface area contributed by atoms with E-state index in [9.17, 15) is 4.79 Å². The van der Waals surface area contributed by atoms with Gasteiger partial charge in [-0.3, -0.25) is 4.79 Å². The molecule has 0 aromatic heterocycles. The lowest BCUT2D eigenvalue weighted by molar-refractivity contribution is -0.124. The van der Waals surface area contributed by atoms with E-state index in [-0.39, 0.29) is 11.8 Å². The molecule has 3 nitrogen and oxygen atoms in total. The Morgan fingerprint density at radius 1 is 0.846 bits per heavy atom. The Morgan fingerprint density at radius 2 is 1.54 bits per heavy atom. The summed E-state index contributed by atoms with van der Waals surface area (Å²) in [7, 11) is 0. The van der Waals surface area contributed by atoms with Gasteiger partial charge in [-0.05, 0) is 19.3 Å². The molecule has 0 fully saturated rings. The SMILES string of the molecule is CCCCCCC(C)C(=O)NCC#CCCNC(CCC)CCCCC. The summed E-state index contributed by atoms with van der Waals surface area (Å²) in [5.41, 5.74) is 0. The second-order valence-electron chi connectivity index (χ2n) is 7.51. The molecule has 0 aromatic rings. The number of nitrogens with one attached hydrogen (secondary N) is 2. The molecule has 3 heteroatoms. The number of hydrogen-bond acceptors (Lipinski definition) is 2. The van der Waals surface area contributed by atoms with Crippen LogP contribution in [0.4, 0.5) is 0 Å². The predicted molar refractivity (Wildman–Crippen MR) is 114 cm³/mol. The second-order valence-corrected chi connectivity index (χ2v) is 7.51. The zero-order valence-electron chi connectivity index (χ0n) is 18.0. The van der Waals surface area contributed by atoms with E-state index < -0.39 is 0 Å². The van der Waals surface area contributed by atoms with Crippen LogP contribution in [0.3, 0.4) is 0 Å². The maximum Gasteiger partial charge on any atom is 0.223 e. The average Bonchev–Trinajstić information content (AvgIpc) is 2.64. The first-order valence-electron chi connectivity index (χ1n) is 11.1. The molecule has 0 saturated heterocycles.